The van der Waals surface area contributed by atoms with Crippen LogP contribution in [0.25, 0.3) is 0 Å². The van der Waals surface area contributed by atoms with Gasteiger partial charge < -0.3 is 4.74 Å². The number of nitrogens with two attached hydrogens (primary N) is 1. The van der Waals surface area contributed by atoms with E-state index in [2.05, 4.69) is 0 Å². The van der Waals surface area contributed by atoms with Crippen molar-refractivity contribution in [3.05, 3.63) is 0 Å². The molecule has 0 bridgehead atoms. The van der Waals surface area contributed by atoms with Crippen molar-refractivity contribution < 1.29 is 13.2 Å². The minimum Gasteiger partial charge on any atom is -0.381 e. The van der Waals surface area contributed by atoms with Crippen molar-refractivity contribution in [2.75, 3.05) is 19.0 Å². The van der Waals surface area contributed by atoms with Crippen LogP contribution in [0.2, 0.25) is 0 Å². The van der Waals surface area contributed by atoms with Crippen LogP contribution in [0.1, 0.15) is 51.4 Å². The van der Waals surface area contributed by atoms with E-state index in [0.29, 0.717) is 6.61 Å². The molecular weight excluding hydrogens is 250 g/mol. The summed E-state index contributed by atoms with van der Waals surface area (Å²) in [5.41, 5.74) is -0.223. The molecule has 2 aliphatic rings. The first kappa shape index (κ1) is 14.3. The quantitative estimate of drug-likeness (QED) is 0.754. The van der Waals surface area contributed by atoms with Crippen molar-refractivity contribution in [2.45, 2.75) is 51.4 Å². The van der Waals surface area contributed by atoms with Gasteiger partial charge in [-0.2, -0.15) is 0 Å². The van der Waals surface area contributed by atoms with Gasteiger partial charge in [-0.05, 0) is 31.6 Å². The molecule has 2 saturated carbocycles. The Morgan fingerprint density at radius 2 is 1.72 bits per heavy atom. The van der Waals surface area contributed by atoms with Crippen LogP contribution in [0.4, 0.5) is 0 Å². The molecule has 0 aromatic rings. The van der Waals surface area contributed by atoms with E-state index in [1.54, 1.807) is 0 Å². The van der Waals surface area contributed by atoms with Crippen LogP contribution in [0.5, 0.6) is 0 Å². The molecule has 0 aromatic heterocycles. The smallest absolute Gasteiger partial charge is 0.209 e. The summed E-state index contributed by atoms with van der Waals surface area (Å²) in [5, 5.41) is 5.26. The van der Waals surface area contributed by atoms with Crippen molar-refractivity contribution in [3.8, 4) is 0 Å². The second-order valence-corrected chi connectivity index (χ2v) is 7.79. The maximum Gasteiger partial charge on any atom is 0.209 e. The molecule has 0 aromatic carbocycles. The molecule has 0 unspecified atom stereocenters. The van der Waals surface area contributed by atoms with Crippen molar-refractivity contribution >= 4 is 10.0 Å². The third kappa shape index (κ3) is 4.86. The molecule has 106 valence electrons. The van der Waals surface area contributed by atoms with E-state index in [0.717, 1.165) is 38.2 Å². The molecule has 0 amide bonds. The Morgan fingerprint density at radius 1 is 1.11 bits per heavy atom. The monoisotopic (exact) mass is 275 g/mol. The molecule has 18 heavy (non-hydrogen) atoms. The molecule has 2 rings (SSSR count). The zero-order chi connectivity index (χ0) is 13.1. The second-order valence-electron chi connectivity index (χ2n) is 6.18. The molecule has 2 N–H and O–H groups in total. The fourth-order valence-corrected chi connectivity index (χ4v) is 4.19. The van der Waals surface area contributed by atoms with E-state index in [1.165, 1.54) is 25.7 Å². The van der Waals surface area contributed by atoms with Gasteiger partial charge in [0.05, 0.1) is 12.4 Å². The van der Waals surface area contributed by atoms with E-state index in [4.69, 9.17) is 9.88 Å². The number of hydrogen-bond acceptors (Lipinski definition) is 3. The molecule has 0 saturated heterocycles. The fourth-order valence-electron chi connectivity index (χ4n) is 2.96. The average Bonchev–Trinajstić information content (AvgIpc) is 3.04. The second kappa shape index (κ2) is 5.88. The summed E-state index contributed by atoms with van der Waals surface area (Å²) >= 11 is 0. The van der Waals surface area contributed by atoms with Gasteiger partial charge in [0.1, 0.15) is 0 Å². The topological polar surface area (TPSA) is 69.4 Å². The van der Waals surface area contributed by atoms with Crippen LogP contribution in [0, 0.1) is 11.3 Å². The van der Waals surface area contributed by atoms with E-state index in [9.17, 15) is 8.42 Å². The van der Waals surface area contributed by atoms with Gasteiger partial charge in [-0.25, -0.2) is 13.6 Å². The van der Waals surface area contributed by atoms with Crippen LogP contribution in [-0.2, 0) is 14.8 Å². The zero-order valence-electron chi connectivity index (χ0n) is 11.1. The lowest BCUT2D eigenvalue weighted by molar-refractivity contribution is 0.0403. The number of rotatable bonds is 6. The third-order valence-electron chi connectivity index (χ3n) is 4.13. The van der Waals surface area contributed by atoms with Gasteiger partial charge in [0.15, 0.2) is 0 Å². The number of primary sulfonamides is 1. The van der Waals surface area contributed by atoms with Crippen LogP contribution in [0.15, 0.2) is 0 Å². The number of sulfonamides is 1. The maximum absolute atomic E-state index is 11.4. The Labute approximate surface area is 110 Å². The van der Waals surface area contributed by atoms with Gasteiger partial charge in [-0.3, -0.25) is 0 Å². The first-order chi connectivity index (χ1) is 8.49. The highest BCUT2D eigenvalue weighted by Crippen LogP contribution is 2.37. The Balaban J connectivity index is 1.94. The first-order valence-corrected chi connectivity index (χ1v) is 8.79. The van der Waals surface area contributed by atoms with Crippen molar-refractivity contribution in [2.24, 2.45) is 16.5 Å². The molecule has 5 heteroatoms. The Hall–Kier alpha value is -0.130. The highest BCUT2D eigenvalue weighted by Gasteiger charge is 2.35. The molecule has 0 spiro atoms. The minimum atomic E-state index is -3.41. The summed E-state index contributed by atoms with van der Waals surface area (Å²) in [6.45, 7) is 1.37. The van der Waals surface area contributed by atoms with E-state index in [-0.39, 0.29) is 11.2 Å². The molecule has 0 atom stereocenters. The molecule has 4 nitrogen and oxygen atoms in total. The normalized spacial score (nSPS) is 24.7. The molecule has 0 aliphatic heterocycles. The molecule has 0 heterocycles. The highest BCUT2D eigenvalue weighted by atomic mass is 32.2. The summed E-state index contributed by atoms with van der Waals surface area (Å²) in [4.78, 5) is 0. The van der Waals surface area contributed by atoms with Gasteiger partial charge in [0.25, 0.3) is 0 Å². The fraction of sp³-hybridized carbons (Fsp3) is 1.00. The van der Waals surface area contributed by atoms with E-state index >= 15 is 0 Å². The van der Waals surface area contributed by atoms with Crippen LogP contribution < -0.4 is 5.14 Å². The standard InChI is InChI=1S/C13H25NO3S/c14-18(15,16)11-13(7-3-1-2-4-8-13)10-17-9-12-5-6-12/h12H,1-11H2,(H2,14,15,16). The average molecular weight is 275 g/mol. The minimum absolute atomic E-state index is 0.0880. The summed E-state index contributed by atoms with van der Waals surface area (Å²) in [6.07, 6.45) is 9.02. The summed E-state index contributed by atoms with van der Waals surface area (Å²) in [7, 11) is -3.41. The van der Waals surface area contributed by atoms with Crippen molar-refractivity contribution in [1.82, 2.24) is 0 Å². The van der Waals surface area contributed by atoms with Crippen molar-refractivity contribution in [1.29, 1.82) is 0 Å². The van der Waals surface area contributed by atoms with E-state index in [1.807, 2.05) is 0 Å². The summed E-state index contributed by atoms with van der Waals surface area (Å²) in [5.74, 6) is 0.812. The van der Waals surface area contributed by atoms with Gasteiger partial charge in [-0.1, -0.05) is 25.7 Å². The first-order valence-electron chi connectivity index (χ1n) is 7.07. The molecule has 2 fully saturated rings. The molecular formula is C13H25NO3S. The van der Waals surface area contributed by atoms with Gasteiger partial charge >= 0.3 is 0 Å². The van der Waals surface area contributed by atoms with Crippen LogP contribution >= 0.6 is 0 Å². The lowest BCUT2D eigenvalue weighted by Crippen LogP contribution is -2.37. The molecule has 2 aliphatic carbocycles. The van der Waals surface area contributed by atoms with Crippen molar-refractivity contribution in [3.63, 3.8) is 0 Å². The number of ether oxygens (including phenoxy) is 1. The third-order valence-corrected chi connectivity index (χ3v) is 5.15. The van der Waals surface area contributed by atoms with E-state index < -0.39 is 10.0 Å². The Morgan fingerprint density at radius 3 is 2.22 bits per heavy atom. The maximum atomic E-state index is 11.4. The van der Waals surface area contributed by atoms with Gasteiger partial charge in [0, 0.05) is 12.0 Å². The van der Waals surface area contributed by atoms with Crippen LogP contribution in [0.3, 0.4) is 0 Å². The van der Waals surface area contributed by atoms with Gasteiger partial charge in [0.2, 0.25) is 10.0 Å². The largest absolute Gasteiger partial charge is 0.381 e. The number of hydrogen-bond donors (Lipinski definition) is 1. The zero-order valence-corrected chi connectivity index (χ0v) is 11.9. The molecule has 0 radical (unpaired) electrons. The predicted molar refractivity (Wildman–Crippen MR) is 71.7 cm³/mol. The summed E-state index contributed by atoms with van der Waals surface area (Å²) < 4.78 is 28.7. The Kier molecular flexibility index (Phi) is 4.67. The lowest BCUT2D eigenvalue weighted by Gasteiger charge is -2.31. The predicted octanol–water partition coefficient (Wildman–Crippen LogP) is 2.04. The summed E-state index contributed by atoms with van der Waals surface area (Å²) in [6, 6.07) is 0. The SMILES string of the molecule is NS(=O)(=O)CC1(COCC2CC2)CCCCCC1. The Bertz CT molecular complexity index is 354. The van der Waals surface area contributed by atoms with Gasteiger partial charge in [-0.15, -0.1) is 0 Å². The van der Waals surface area contributed by atoms with Crippen LogP contribution in [-0.4, -0.2) is 27.4 Å². The lowest BCUT2D eigenvalue weighted by atomic mass is 9.83. The highest BCUT2D eigenvalue weighted by molar-refractivity contribution is 7.89.